The van der Waals surface area contributed by atoms with E-state index in [4.69, 9.17) is 34.3 Å². The molecular weight excluding hydrogens is 287 g/mol. The lowest BCUT2D eigenvalue weighted by Gasteiger charge is -2.22. The Morgan fingerprint density at radius 3 is 2.79 bits per heavy atom. The van der Waals surface area contributed by atoms with Gasteiger partial charge in [0.25, 0.3) is 0 Å². The molecule has 0 aliphatic carbocycles. The molecule has 0 fully saturated rings. The Labute approximate surface area is 123 Å². The summed E-state index contributed by atoms with van der Waals surface area (Å²) in [5, 5.41) is 0.396. The molecule has 6 heteroatoms. The molecule has 19 heavy (non-hydrogen) atoms. The quantitative estimate of drug-likeness (QED) is 0.749. The maximum Gasteiger partial charge on any atom is 0.129 e. The highest BCUT2D eigenvalue weighted by molar-refractivity contribution is 7.80. The highest BCUT2D eigenvalue weighted by atomic mass is 35.5. The van der Waals surface area contributed by atoms with E-state index in [2.05, 4.69) is 4.90 Å². The zero-order valence-electron chi connectivity index (χ0n) is 10.9. The van der Waals surface area contributed by atoms with Crippen LogP contribution in [0.1, 0.15) is 12.0 Å². The van der Waals surface area contributed by atoms with Gasteiger partial charge in [0.2, 0.25) is 0 Å². The van der Waals surface area contributed by atoms with Crippen LogP contribution in [0.2, 0.25) is 5.02 Å². The van der Waals surface area contributed by atoms with E-state index >= 15 is 0 Å². The van der Waals surface area contributed by atoms with E-state index in [0.717, 1.165) is 0 Å². The summed E-state index contributed by atoms with van der Waals surface area (Å²) in [6.07, 6.45) is 0.605. The average molecular weight is 305 g/mol. The van der Waals surface area contributed by atoms with Gasteiger partial charge < -0.3 is 10.5 Å². The zero-order valence-corrected chi connectivity index (χ0v) is 12.4. The molecule has 0 saturated heterocycles. The van der Waals surface area contributed by atoms with Crippen molar-refractivity contribution in [3.63, 3.8) is 0 Å². The number of benzene rings is 1. The summed E-state index contributed by atoms with van der Waals surface area (Å²) >= 11 is 10.6. The van der Waals surface area contributed by atoms with Gasteiger partial charge in [-0.25, -0.2) is 4.39 Å². The van der Waals surface area contributed by atoms with Crippen molar-refractivity contribution in [3.8, 4) is 0 Å². The molecule has 0 aliphatic rings. The van der Waals surface area contributed by atoms with Crippen molar-refractivity contribution >= 4 is 28.8 Å². The van der Waals surface area contributed by atoms with Gasteiger partial charge in [-0.3, -0.25) is 4.90 Å². The Morgan fingerprint density at radius 2 is 2.21 bits per heavy atom. The highest BCUT2D eigenvalue weighted by Crippen LogP contribution is 2.16. The first-order valence-electron chi connectivity index (χ1n) is 5.96. The summed E-state index contributed by atoms with van der Waals surface area (Å²) in [7, 11) is 1.63. The third kappa shape index (κ3) is 6.29. The van der Waals surface area contributed by atoms with Crippen LogP contribution in [0.3, 0.4) is 0 Å². The summed E-state index contributed by atoms with van der Waals surface area (Å²) in [5.74, 6) is -0.301. The monoisotopic (exact) mass is 304 g/mol. The molecule has 106 valence electrons. The predicted molar refractivity (Wildman–Crippen MR) is 80.0 cm³/mol. The lowest BCUT2D eigenvalue weighted by molar-refractivity contribution is 0.145. The fourth-order valence-electron chi connectivity index (χ4n) is 1.65. The van der Waals surface area contributed by atoms with Crippen molar-refractivity contribution in [1.29, 1.82) is 0 Å². The van der Waals surface area contributed by atoms with Crippen molar-refractivity contribution in [3.05, 3.63) is 34.6 Å². The number of hydrogen-bond acceptors (Lipinski definition) is 3. The van der Waals surface area contributed by atoms with Crippen LogP contribution in [-0.4, -0.2) is 36.7 Å². The number of thiocarbonyl (C=S) groups is 1. The molecule has 2 N–H and O–H groups in total. The smallest absolute Gasteiger partial charge is 0.129 e. The topological polar surface area (TPSA) is 38.5 Å². The van der Waals surface area contributed by atoms with Gasteiger partial charge in [-0.1, -0.05) is 29.9 Å². The molecule has 1 aromatic rings. The van der Waals surface area contributed by atoms with E-state index in [0.29, 0.717) is 48.2 Å². The molecule has 0 saturated carbocycles. The van der Waals surface area contributed by atoms with Gasteiger partial charge in [0, 0.05) is 43.8 Å². The highest BCUT2D eigenvalue weighted by Gasteiger charge is 2.10. The predicted octanol–water partition coefficient (Wildman–Crippen LogP) is 2.60. The SMILES string of the molecule is COCCN(CCC(N)=S)Cc1ccc(Cl)cc1F. The molecule has 0 radical (unpaired) electrons. The first kappa shape index (κ1) is 16.3. The molecule has 0 aliphatic heterocycles. The Hall–Kier alpha value is -0.750. The van der Waals surface area contributed by atoms with Gasteiger partial charge in [0.1, 0.15) is 5.82 Å². The molecule has 0 aromatic heterocycles. The maximum absolute atomic E-state index is 13.7. The number of nitrogens with zero attached hydrogens (tertiary/aromatic N) is 1. The van der Waals surface area contributed by atoms with Gasteiger partial charge in [0.05, 0.1) is 11.6 Å². The van der Waals surface area contributed by atoms with E-state index in [1.165, 1.54) is 6.07 Å². The molecule has 0 atom stereocenters. The number of hydrogen-bond donors (Lipinski definition) is 1. The Morgan fingerprint density at radius 1 is 1.47 bits per heavy atom. The summed E-state index contributed by atoms with van der Waals surface area (Å²) in [6.45, 7) is 2.43. The molecule has 0 heterocycles. The van der Waals surface area contributed by atoms with E-state index in [-0.39, 0.29) is 5.82 Å². The van der Waals surface area contributed by atoms with Crippen molar-refractivity contribution in [1.82, 2.24) is 4.90 Å². The number of ether oxygens (including phenoxy) is 1. The Balaban J connectivity index is 2.66. The normalized spacial score (nSPS) is 10.9. The van der Waals surface area contributed by atoms with Crippen molar-refractivity contribution in [2.75, 3.05) is 26.8 Å². The average Bonchev–Trinajstić information content (AvgIpc) is 2.35. The van der Waals surface area contributed by atoms with Gasteiger partial charge in [0.15, 0.2) is 0 Å². The molecule has 0 spiro atoms. The summed E-state index contributed by atoms with van der Waals surface area (Å²) in [5.41, 5.74) is 6.09. The van der Waals surface area contributed by atoms with E-state index in [1.807, 2.05) is 0 Å². The van der Waals surface area contributed by atoms with Crippen LogP contribution in [0.25, 0.3) is 0 Å². The zero-order chi connectivity index (χ0) is 14.3. The van der Waals surface area contributed by atoms with Crippen LogP contribution in [-0.2, 0) is 11.3 Å². The van der Waals surface area contributed by atoms with E-state index in [1.54, 1.807) is 19.2 Å². The number of nitrogens with two attached hydrogens (primary N) is 1. The fourth-order valence-corrected chi connectivity index (χ4v) is 1.90. The molecule has 0 bridgehead atoms. The van der Waals surface area contributed by atoms with Crippen LogP contribution in [0.5, 0.6) is 0 Å². The first-order chi connectivity index (χ1) is 9.02. The molecular formula is C13H18ClFN2OS. The summed E-state index contributed by atoms with van der Waals surface area (Å²) in [4.78, 5) is 2.51. The van der Waals surface area contributed by atoms with Crippen LogP contribution < -0.4 is 5.73 Å². The lowest BCUT2D eigenvalue weighted by atomic mass is 10.2. The standard InChI is InChI=1S/C13H18ClFN2OS/c1-18-7-6-17(5-4-13(16)19)9-10-2-3-11(14)8-12(10)15/h2-3,8H,4-7,9H2,1H3,(H2,16,19). The van der Waals surface area contributed by atoms with Crippen molar-refractivity contribution in [2.24, 2.45) is 5.73 Å². The maximum atomic E-state index is 13.7. The second-order valence-electron chi connectivity index (χ2n) is 4.22. The van der Waals surface area contributed by atoms with Crippen LogP contribution >= 0.6 is 23.8 Å². The van der Waals surface area contributed by atoms with E-state index < -0.39 is 0 Å². The minimum Gasteiger partial charge on any atom is -0.393 e. The Bertz CT molecular complexity index is 431. The van der Waals surface area contributed by atoms with Crippen LogP contribution in [0.4, 0.5) is 4.39 Å². The number of rotatable bonds is 8. The largest absolute Gasteiger partial charge is 0.393 e. The molecule has 0 amide bonds. The van der Waals surface area contributed by atoms with Gasteiger partial charge in [-0.05, 0) is 12.1 Å². The van der Waals surface area contributed by atoms with Crippen LogP contribution in [0.15, 0.2) is 18.2 Å². The van der Waals surface area contributed by atoms with Gasteiger partial charge in [-0.15, -0.1) is 0 Å². The third-order valence-electron chi connectivity index (χ3n) is 2.70. The van der Waals surface area contributed by atoms with Gasteiger partial charge in [-0.2, -0.15) is 0 Å². The van der Waals surface area contributed by atoms with Crippen molar-refractivity contribution < 1.29 is 9.13 Å². The number of methoxy groups -OCH3 is 1. The van der Waals surface area contributed by atoms with Crippen molar-refractivity contribution in [2.45, 2.75) is 13.0 Å². The number of halogens is 2. The van der Waals surface area contributed by atoms with Crippen LogP contribution in [0, 0.1) is 5.82 Å². The first-order valence-corrected chi connectivity index (χ1v) is 6.75. The molecule has 0 unspecified atom stereocenters. The fraction of sp³-hybridized carbons (Fsp3) is 0.462. The minimum absolute atomic E-state index is 0.301. The molecule has 1 rings (SSSR count). The Kier molecular flexibility index (Phi) is 7.23. The van der Waals surface area contributed by atoms with Gasteiger partial charge >= 0.3 is 0 Å². The van der Waals surface area contributed by atoms with E-state index in [9.17, 15) is 4.39 Å². The third-order valence-corrected chi connectivity index (χ3v) is 3.13. The summed E-state index contributed by atoms with van der Waals surface area (Å²) < 4.78 is 18.8. The minimum atomic E-state index is -0.301. The lowest BCUT2D eigenvalue weighted by Crippen LogP contribution is -2.30. The summed E-state index contributed by atoms with van der Waals surface area (Å²) in [6, 6.07) is 4.69. The molecule has 1 aromatic carbocycles. The second kappa shape index (κ2) is 8.43. The molecule has 3 nitrogen and oxygen atoms in total. The second-order valence-corrected chi connectivity index (χ2v) is 5.18.